The third-order valence-corrected chi connectivity index (χ3v) is 7.97. The summed E-state index contributed by atoms with van der Waals surface area (Å²) in [6.45, 7) is 5.00. The number of benzene rings is 1. The first-order valence-corrected chi connectivity index (χ1v) is 12.2. The van der Waals surface area contributed by atoms with E-state index in [1.54, 1.807) is 4.90 Å². The molecule has 2 saturated heterocycles. The van der Waals surface area contributed by atoms with Crippen molar-refractivity contribution in [2.75, 3.05) is 26.2 Å². The van der Waals surface area contributed by atoms with Crippen molar-refractivity contribution < 1.29 is 9.80 Å². The summed E-state index contributed by atoms with van der Waals surface area (Å²) >= 11 is 0. The van der Waals surface area contributed by atoms with Crippen molar-refractivity contribution >= 4 is 10.9 Å². The highest BCUT2D eigenvalue weighted by Crippen LogP contribution is 2.30. The zero-order chi connectivity index (χ0) is 20.6. The summed E-state index contributed by atoms with van der Waals surface area (Å²) in [5, 5.41) is 14.6. The minimum Gasteiger partial charge on any atom is -0.323 e. The van der Waals surface area contributed by atoms with Gasteiger partial charge in [0.15, 0.2) is 6.04 Å². The maximum atomic E-state index is 4.67. The average Bonchev–Trinajstić information content (AvgIpc) is 3.49. The van der Waals surface area contributed by atoms with E-state index in [1.807, 2.05) is 17.2 Å². The van der Waals surface area contributed by atoms with Crippen LogP contribution in [0.15, 0.2) is 36.5 Å². The second-order valence-electron chi connectivity index (χ2n) is 9.77. The number of aromatic nitrogens is 5. The van der Waals surface area contributed by atoms with Crippen LogP contribution in [0.4, 0.5) is 0 Å². The molecule has 2 aliphatic heterocycles. The summed E-state index contributed by atoms with van der Waals surface area (Å²) in [4.78, 5) is 7.98. The molecular formula is C24H33N7+2. The van der Waals surface area contributed by atoms with Gasteiger partial charge >= 0.3 is 0 Å². The van der Waals surface area contributed by atoms with Crippen molar-refractivity contribution in [3.63, 3.8) is 0 Å². The standard InChI is InChI=1S/C24H31N7/c1-2-7-20(8-3-1)31-24(26-27-28-31)23(30-15-14-29-13-5-9-21(29)17-30)19-10-11-22-18(16-19)6-4-12-25-22/h4,6,10-12,16,20-21,23H,1-3,5,7-9,13-15,17H2/p+2/t21-,23-/m1/s1. The molecule has 2 unspecified atom stereocenters. The number of tetrazole rings is 1. The van der Waals surface area contributed by atoms with Crippen molar-refractivity contribution in [2.24, 2.45) is 0 Å². The van der Waals surface area contributed by atoms with Gasteiger partial charge in [-0.2, -0.15) is 0 Å². The quantitative estimate of drug-likeness (QED) is 0.656. The molecule has 0 amide bonds. The highest BCUT2D eigenvalue weighted by molar-refractivity contribution is 5.79. The Morgan fingerprint density at radius 1 is 0.968 bits per heavy atom. The number of nitrogens with one attached hydrogen (secondary N) is 2. The number of nitrogens with zero attached hydrogens (tertiary/aromatic N) is 5. The van der Waals surface area contributed by atoms with Crippen molar-refractivity contribution in [1.29, 1.82) is 0 Å². The summed E-state index contributed by atoms with van der Waals surface area (Å²) < 4.78 is 2.19. The number of hydrogen-bond acceptors (Lipinski definition) is 4. The van der Waals surface area contributed by atoms with Crippen molar-refractivity contribution in [3.8, 4) is 0 Å². The van der Waals surface area contributed by atoms with Crippen LogP contribution in [-0.2, 0) is 0 Å². The van der Waals surface area contributed by atoms with Gasteiger partial charge in [0, 0.05) is 30.0 Å². The van der Waals surface area contributed by atoms with Crippen LogP contribution >= 0.6 is 0 Å². The molecular weight excluding hydrogens is 386 g/mol. The molecule has 3 fully saturated rings. The predicted octanol–water partition coefficient (Wildman–Crippen LogP) is 0.762. The van der Waals surface area contributed by atoms with E-state index >= 15 is 0 Å². The molecule has 7 heteroatoms. The summed E-state index contributed by atoms with van der Waals surface area (Å²) in [6.07, 6.45) is 10.9. The molecule has 0 radical (unpaired) electrons. The average molecular weight is 420 g/mol. The van der Waals surface area contributed by atoms with Crippen LogP contribution in [0.5, 0.6) is 0 Å². The fraction of sp³-hybridized carbons (Fsp3) is 0.583. The first-order chi connectivity index (χ1) is 15.4. The molecule has 2 N–H and O–H groups in total. The third kappa shape index (κ3) is 3.64. The molecule has 4 atom stereocenters. The van der Waals surface area contributed by atoms with Crippen LogP contribution in [0.3, 0.4) is 0 Å². The molecule has 4 heterocycles. The molecule has 1 saturated carbocycles. The molecule has 1 aromatic carbocycles. The van der Waals surface area contributed by atoms with E-state index in [-0.39, 0.29) is 6.04 Å². The largest absolute Gasteiger partial charge is 0.323 e. The van der Waals surface area contributed by atoms with Crippen molar-refractivity contribution in [2.45, 2.75) is 63.1 Å². The zero-order valence-electron chi connectivity index (χ0n) is 18.2. The van der Waals surface area contributed by atoms with Crippen LogP contribution in [0, 0.1) is 0 Å². The maximum absolute atomic E-state index is 4.67. The predicted molar refractivity (Wildman–Crippen MR) is 118 cm³/mol. The second kappa shape index (κ2) is 8.28. The molecule has 31 heavy (non-hydrogen) atoms. The Morgan fingerprint density at radius 3 is 2.84 bits per heavy atom. The maximum Gasteiger partial charge on any atom is 0.214 e. The molecule has 6 rings (SSSR count). The van der Waals surface area contributed by atoms with Crippen LogP contribution in [0.1, 0.15) is 68.4 Å². The first kappa shape index (κ1) is 19.3. The zero-order valence-corrected chi connectivity index (χ0v) is 18.2. The number of rotatable bonds is 4. The Morgan fingerprint density at radius 2 is 1.90 bits per heavy atom. The minimum absolute atomic E-state index is 0.184. The molecule has 0 bridgehead atoms. The highest BCUT2D eigenvalue weighted by Gasteiger charge is 2.42. The fourth-order valence-electron chi connectivity index (χ4n) is 6.38. The van der Waals surface area contributed by atoms with E-state index in [9.17, 15) is 0 Å². The Hall–Kier alpha value is -2.38. The number of pyridine rings is 1. The SMILES string of the molecule is c1cnc2ccc([C@H](c3nnnn3C3CCCCC3)[NH+]3CC[NH+]4CCC[C@@H]4C3)cc2c1. The second-order valence-corrected chi connectivity index (χ2v) is 9.77. The van der Waals surface area contributed by atoms with Crippen molar-refractivity contribution in [1.82, 2.24) is 25.2 Å². The van der Waals surface area contributed by atoms with Crippen molar-refractivity contribution in [3.05, 3.63) is 47.9 Å². The van der Waals surface area contributed by atoms with E-state index in [2.05, 4.69) is 49.5 Å². The number of quaternary nitrogens is 2. The van der Waals surface area contributed by atoms with E-state index in [0.29, 0.717) is 6.04 Å². The van der Waals surface area contributed by atoms with E-state index in [4.69, 9.17) is 0 Å². The van der Waals surface area contributed by atoms with Crippen LogP contribution in [0.25, 0.3) is 10.9 Å². The van der Waals surface area contributed by atoms with E-state index < -0.39 is 0 Å². The number of hydrogen-bond donors (Lipinski definition) is 2. The molecule has 2 aromatic heterocycles. The Labute approximate surface area is 183 Å². The van der Waals surface area contributed by atoms with Gasteiger partial charge in [0.05, 0.1) is 18.1 Å². The van der Waals surface area contributed by atoms with E-state index in [1.165, 1.54) is 82.1 Å². The topological polar surface area (TPSA) is 65.4 Å². The van der Waals surface area contributed by atoms with Gasteiger partial charge in [-0.05, 0) is 41.5 Å². The minimum atomic E-state index is 0.184. The lowest BCUT2D eigenvalue weighted by atomic mass is 9.94. The summed E-state index contributed by atoms with van der Waals surface area (Å²) in [5.41, 5.74) is 2.38. The number of piperazine rings is 1. The Kier molecular flexibility index (Phi) is 5.16. The summed E-state index contributed by atoms with van der Waals surface area (Å²) in [5.74, 6) is 1.06. The normalized spacial score (nSPS) is 27.9. The highest BCUT2D eigenvalue weighted by atomic mass is 15.6. The molecule has 162 valence electrons. The van der Waals surface area contributed by atoms with Crippen LogP contribution in [0.2, 0.25) is 0 Å². The lowest BCUT2D eigenvalue weighted by Crippen LogP contribution is -3.29. The lowest BCUT2D eigenvalue weighted by molar-refractivity contribution is -1.03. The Balaban J connectivity index is 1.41. The number of fused-ring (bicyclic) bond motifs is 2. The van der Waals surface area contributed by atoms with Crippen LogP contribution in [-0.4, -0.2) is 57.4 Å². The third-order valence-electron chi connectivity index (χ3n) is 7.97. The molecule has 1 aliphatic carbocycles. The Bertz CT molecular complexity index is 1040. The molecule has 3 aliphatic rings. The molecule has 3 aromatic rings. The van der Waals surface area contributed by atoms with Gasteiger partial charge in [-0.1, -0.05) is 31.4 Å². The van der Waals surface area contributed by atoms with Gasteiger partial charge in [-0.15, -0.1) is 5.10 Å². The van der Waals surface area contributed by atoms with Crippen LogP contribution < -0.4 is 9.80 Å². The summed E-state index contributed by atoms with van der Waals surface area (Å²) in [6, 6.07) is 12.4. The van der Waals surface area contributed by atoms with Gasteiger partial charge in [0.25, 0.3) is 0 Å². The molecule has 7 nitrogen and oxygen atoms in total. The smallest absolute Gasteiger partial charge is 0.214 e. The molecule has 0 spiro atoms. The lowest BCUT2D eigenvalue weighted by Gasteiger charge is -2.36. The van der Waals surface area contributed by atoms with E-state index in [0.717, 1.165) is 17.4 Å². The van der Waals surface area contributed by atoms with Gasteiger partial charge in [-0.25, -0.2) is 4.68 Å². The first-order valence-electron chi connectivity index (χ1n) is 12.2. The van der Waals surface area contributed by atoms with Gasteiger partial charge in [0.1, 0.15) is 25.7 Å². The fourth-order valence-corrected chi connectivity index (χ4v) is 6.38. The van der Waals surface area contributed by atoms with Gasteiger partial charge < -0.3 is 9.80 Å². The van der Waals surface area contributed by atoms with Gasteiger partial charge in [-0.3, -0.25) is 4.98 Å². The van der Waals surface area contributed by atoms with Gasteiger partial charge in [0.2, 0.25) is 5.82 Å². The monoisotopic (exact) mass is 419 g/mol. The summed E-state index contributed by atoms with van der Waals surface area (Å²) in [7, 11) is 0.